The molecule has 0 aliphatic carbocycles. The van der Waals surface area contributed by atoms with Crippen LogP contribution in [0.3, 0.4) is 0 Å². The molecule has 0 N–H and O–H groups in total. The van der Waals surface area contributed by atoms with E-state index in [1.807, 2.05) is 31.2 Å². The van der Waals surface area contributed by atoms with Crippen molar-refractivity contribution in [1.29, 1.82) is 0 Å². The summed E-state index contributed by atoms with van der Waals surface area (Å²) in [5.74, 6) is 0.919. The maximum Gasteiger partial charge on any atom is 0.257 e. The van der Waals surface area contributed by atoms with Gasteiger partial charge in [0.15, 0.2) is 0 Å². The van der Waals surface area contributed by atoms with Gasteiger partial charge in [-0.1, -0.05) is 12.1 Å². The van der Waals surface area contributed by atoms with Crippen LogP contribution < -0.4 is 9.47 Å². The van der Waals surface area contributed by atoms with Crippen LogP contribution in [0.4, 0.5) is 0 Å². The summed E-state index contributed by atoms with van der Waals surface area (Å²) in [5, 5.41) is 0. The Kier molecular flexibility index (Phi) is 6.99. The number of hydrogen-bond acceptors (Lipinski definition) is 5. The van der Waals surface area contributed by atoms with E-state index >= 15 is 0 Å². The zero-order chi connectivity index (χ0) is 21.7. The fourth-order valence-electron chi connectivity index (χ4n) is 3.49. The number of carbonyl (C=O) groups excluding carboxylic acids is 1. The van der Waals surface area contributed by atoms with Crippen molar-refractivity contribution in [3.8, 4) is 11.5 Å². The largest absolute Gasteiger partial charge is 0.496 e. The van der Waals surface area contributed by atoms with Crippen LogP contribution in [0.5, 0.6) is 11.5 Å². The van der Waals surface area contributed by atoms with Crippen molar-refractivity contribution in [1.82, 2.24) is 9.21 Å². The van der Waals surface area contributed by atoms with Crippen molar-refractivity contribution in [3.63, 3.8) is 0 Å². The first-order valence-corrected chi connectivity index (χ1v) is 11.5. The minimum atomic E-state index is -3.79. The second-order valence-corrected chi connectivity index (χ2v) is 9.24. The van der Waals surface area contributed by atoms with Gasteiger partial charge in [0.05, 0.1) is 24.2 Å². The molecule has 1 aliphatic heterocycles. The molecular weight excluding hydrogens is 404 g/mol. The Morgan fingerprint density at radius 1 is 1.10 bits per heavy atom. The normalized spacial score (nSPS) is 14.2. The first-order valence-electron chi connectivity index (χ1n) is 10.0. The maximum absolute atomic E-state index is 13.1. The summed E-state index contributed by atoms with van der Waals surface area (Å²) in [5.41, 5.74) is 1.11. The molecule has 0 spiro atoms. The van der Waals surface area contributed by atoms with E-state index in [1.165, 1.54) is 30.6 Å². The monoisotopic (exact) mass is 432 g/mol. The average molecular weight is 433 g/mol. The van der Waals surface area contributed by atoms with Gasteiger partial charge in [-0.2, -0.15) is 4.31 Å². The Morgan fingerprint density at radius 3 is 2.37 bits per heavy atom. The van der Waals surface area contributed by atoms with Crippen molar-refractivity contribution >= 4 is 15.9 Å². The quantitative estimate of drug-likeness (QED) is 0.641. The van der Waals surface area contributed by atoms with Crippen molar-refractivity contribution in [2.45, 2.75) is 31.2 Å². The van der Waals surface area contributed by atoms with Crippen molar-refractivity contribution < 1.29 is 22.7 Å². The highest BCUT2D eigenvalue weighted by Crippen LogP contribution is 2.27. The molecule has 0 aromatic heterocycles. The van der Waals surface area contributed by atoms with E-state index in [2.05, 4.69) is 0 Å². The molecule has 3 rings (SSSR count). The SMILES string of the molecule is CCOc1ccc(CN(C)S(=O)(=O)c2ccc(OC)c(C(=O)N3CCCC3)c2)cc1. The topological polar surface area (TPSA) is 76.1 Å². The predicted molar refractivity (Wildman–Crippen MR) is 114 cm³/mol. The molecule has 1 aliphatic rings. The zero-order valence-corrected chi connectivity index (χ0v) is 18.4. The number of rotatable bonds is 8. The van der Waals surface area contributed by atoms with Gasteiger partial charge in [0.25, 0.3) is 5.91 Å². The Labute approximate surface area is 178 Å². The molecule has 2 aromatic carbocycles. The predicted octanol–water partition coefficient (Wildman–Crippen LogP) is 3.15. The molecule has 0 radical (unpaired) electrons. The number of sulfonamides is 1. The lowest BCUT2D eigenvalue weighted by Crippen LogP contribution is -2.29. The molecule has 8 heteroatoms. The Balaban J connectivity index is 1.83. The second kappa shape index (κ2) is 9.49. The summed E-state index contributed by atoms with van der Waals surface area (Å²) in [6.07, 6.45) is 1.91. The number of nitrogens with zero attached hydrogens (tertiary/aromatic N) is 2. The van der Waals surface area contributed by atoms with Crippen LogP contribution in [0, 0.1) is 0 Å². The molecule has 2 aromatic rings. The third kappa shape index (κ3) is 4.76. The molecule has 7 nitrogen and oxygen atoms in total. The van der Waals surface area contributed by atoms with Crippen LogP contribution in [0.2, 0.25) is 0 Å². The standard InChI is InChI=1S/C22H28N2O5S/c1-4-29-18-9-7-17(8-10-18)16-23(2)30(26,27)19-11-12-21(28-3)20(15-19)22(25)24-13-5-6-14-24/h7-12,15H,4-6,13-14,16H2,1-3H3. The summed E-state index contributed by atoms with van der Waals surface area (Å²) >= 11 is 0. The summed E-state index contributed by atoms with van der Waals surface area (Å²) in [6.45, 7) is 4.04. The van der Waals surface area contributed by atoms with Gasteiger partial charge < -0.3 is 14.4 Å². The fourth-order valence-corrected chi connectivity index (χ4v) is 4.67. The van der Waals surface area contributed by atoms with E-state index in [4.69, 9.17) is 9.47 Å². The Hall–Kier alpha value is -2.58. The third-order valence-electron chi connectivity index (χ3n) is 5.14. The zero-order valence-electron chi connectivity index (χ0n) is 17.6. The van der Waals surface area contributed by atoms with Gasteiger partial charge in [-0.3, -0.25) is 4.79 Å². The summed E-state index contributed by atoms with van der Waals surface area (Å²) < 4.78 is 38.3. The number of benzene rings is 2. The number of likely N-dealkylation sites (tertiary alicyclic amines) is 1. The van der Waals surface area contributed by atoms with Gasteiger partial charge in [0.2, 0.25) is 10.0 Å². The highest BCUT2D eigenvalue weighted by molar-refractivity contribution is 7.89. The summed E-state index contributed by atoms with van der Waals surface area (Å²) in [4.78, 5) is 14.7. The van der Waals surface area contributed by atoms with Crippen molar-refractivity contribution in [2.24, 2.45) is 0 Å². The molecule has 0 bridgehead atoms. The molecule has 0 atom stereocenters. The van der Waals surface area contributed by atoms with E-state index in [1.54, 1.807) is 11.0 Å². The van der Waals surface area contributed by atoms with Crippen LogP contribution in [0.25, 0.3) is 0 Å². The van der Waals surface area contributed by atoms with Crippen LogP contribution >= 0.6 is 0 Å². The van der Waals surface area contributed by atoms with Gasteiger partial charge >= 0.3 is 0 Å². The minimum Gasteiger partial charge on any atom is -0.496 e. The smallest absolute Gasteiger partial charge is 0.257 e. The lowest BCUT2D eigenvalue weighted by molar-refractivity contribution is 0.0789. The van der Waals surface area contributed by atoms with Crippen LogP contribution in [-0.2, 0) is 16.6 Å². The van der Waals surface area contributed by atoms with Crippen LogP contribution in [-0.4, -0.2) is 57.4 Å². The molecule has 1 saturated heterocycles. The van der Waals surface area contributed by atoms with E-state index in [-0.39, 0.29) is 22.9 Å². The number of ether oxygens (including phenoxy) is 2. The lowest BCUT2D eigenvalue weighted by atomic mass is 10.1. The second-order valence-electron chi connectivity index (χ2n) is 7.20. The van der Waals surface area contributed by atoms with Gasteiger partial charge in [-0.25, -0.2) is 8.42 Å². The molecule has 1 fully saturated rings. The first kappa shape index (κ1) is 22.1. The highest BCUT2D eigenvalue weighted by atomic mass is 32.2. The molecule has 1 heterocycles. The van der Waals surface area contributed by atoms with Gasteiger partial charge in [0.1, 0.15) is 11.5 Å². The Morgan fingerprint density at radius 2 is 1.77 bits per heavy atom. The fraction of sp³-hybridized carbons (Fsp3) is 0.409. The molecule has 30 heavy (non-hydrogen) atoms. The van der Waals surface area contributed by atoms with Gasteiger partial charge in [-0.05, 0) is 55.7 Å². The third-order valence-corrected chi connectivity index (χ3v) is 6.94. The van der Waals surface area contributed by atoms with Gasteiger partial charge in [0, 0.05) is 26.7 Å². The molecule has 0 saturated carbocycles. The van der Waals surface area contributed by atoms with Gasteiger partial charge in [-0.15, -0.1) is 0 Å². The lowest BCUT2D eigenvalue weighted by Gasteiger charge is -2.20. The number of hydrogen-bond donors (Lipinski definition) is 0. The number of methoxy groups -OCH3 is 1. The number of amides is 1. The van der Waals surface area contributed by atoms with Crippen molar-refractivity contribution in [3.05, 3.63) is 53.6 Å². The summed E-state index contributed by atoms with van der Waals surface area (Å²) in [7, 11) is -0.786. The van der Waals surface area contributed by atoms with E-state index in [0.29, 0.717) is 25.4 Å². The molecular formula is C22H28N2O5S. The van der Waals surface area contributed by atoms with E-state index in [0.717, 1.165) is 24.2 Å². The average Bonchev–Trinajstić information content (AvgIpc) is 3.29. The number of carbonyl (C=O) groups is 1. The van der Waals surface area contributed by atoms with Crippen LogP contribution in [0.15, 0.2) is 47.4 Å². The molecule has 1 amide bonds. The summed E-state index contributed by atoms with van der Waals surface area (Å²) in [6, 6.07) is 11.8. The molecule has 162 valence electrons. The first-order chi connectivity index (χ1) is 14.4. The van der Waals surface area contributed by atoms with Crippen LogP contribution in [0.1, 0.15) is 35.7 Å². The Bertz CT molecular complexity index is 983. The van der Waals surface area contributed by atoms with E-state index < -0.39 is 10.0 Å². The minimum absolute atomic E-state index is 0.0688. The maximum atomic E-state index is 13.1. The van der Waals surface area contributed by atoms with E-state index in [9.17, 15) is 13.2 Å². The highest BCUT2D eigenvalue weighted by Gasteiger charge is 2.27. The molecule has 0 unspecified atom stereocenters. The van der Waals surface area contributed by atoms with Crippen molar-refractivity contribution in [2.75, 3.05) is 33.9 Å².